The Hall–Kier alpha value is -1.99. The van der Waals surface area contributed by atoms with Crippen molar-refractivity contribution in [1.82, 2.24) is 14.1 Å². The van der Waals surface area contributed by atoms with Gasteiger partial charge in [-0.1, -0.05) is 30.3 Å². The average Bonchev–Trinajstić information content (AvgIpc) is 3.05. The van der Waals surface area contributed by atoms with E-state index in [1.54, 1.807) is 4.68 Å². The molecule has 0 amide bonds. The molecule has 6 nitrogen and oxygen atoms in total. The van der Waals surface area contributed by atoms with Crippen LogP contribution in [0.25, 0.3) is 0 Å². The van der Waals surface area contributed by atoms with E-state index in [9.17, 15) is 13.2 Å². The molecule has 0 spiro atoms. The summed E-state index contributed by atoms with van der Waals surface area (Å²) < 4.78 is 29.0. The van der Waals surface area contributed by atoms with E-state index >= 15 is 0 Å². The summed E-state index contributed by atoms with van der Waals surface area (Å²) in [5, 5.41) is 4.05. The molecule has 1 aliphatic heterocycles. The minimum Gasteiger partial charge on any atom is -0.300 e. The molecule has 0 N–H and O–H groups in total. The summed E-state index contributed by atoms with van der Waals surface area (Å²) in [7, 11) is -3.67. The van der Waals surface area contributed by atoms with Gasteiger partial charge in [-0.2, -0.15) is 9.40 Å². The molecule has 0 radical (unpaired) electrons. The number of rotatable bonds is 4. The monoisotopic (exact) mass is 333 g/mol. The largest absolute Gasteiger partial charge is 0.300 e. The van der Waals surface area contributed by atoms with Gasteiger partial charge in [0.1, 0.15) is 10.7 Å². The standard InChI is InChI=1S/C16H19N3O3S/c1-2-18-12-15(11-17-18)23(21,22)19-9-8-14(20)10-16(19)13-6-4-3-5-7-13/h3-7,11-12,16H,2,8-10H2,1H3/t16-/m0/s1. The lowest BCUT2D eigenvalue weighted by Gasteiger charge is -2.33. The Morgan fingerprint density at radius 3 is 2.65 bits per heavy atom. The van der Waals surface area contributed by atoms with Crippen LogP contribution in [0.2, 0.25) is 0 Å². The second kappa shape index (κ2) is 6.25. The zero-order chi connectivity index (χ0) is 16.4. The highest BCUT2D eigenvalue weighted by molar-refractivity contribution is 7.89. The van der Waals surface area contributed by atoms with Crippen molar-refractivity contribution >= 4 is 15.8 Å². The second-order valence-corrected chi connectivity index (χ2v) is 7.46. The number of ketones is 1. The molecule has 1 atom stereocenters. The van der Waals surface area contributed by atoms with Crippen LogP contribution in [0, 0.1) is 0 Å². The van der Waals surface area contributed by atoms with Crippen molar-refractivity contribution < 1.29 is 13.2 Å². The van der Waals surface area contributed by atoms with Crippen molar-refractivity contribution in [2.24, 2.45) is 0 Å². The molecule has 2 aromatic rings. The highest BCUT2D eigenvalue weighted by Gasteiger charge is 2.37. The van der Waals surface area contributed by atoms with Crippen molar-refractivity contribution in [2.75, 3.05) is 6.54 Å². The highest BCUT2D eigenvalue weighted by Crippen LogP contribution is 2.33. The van der Waals surface area contributed by atoms with Crippen LogP contribution in [0.15, 0.2) is 47.6 Å². The molecule has 0 bridgehead atoms. The third-order valence-electron chi connectivity index (χ3n) is 4.10. The van der Waals surface area contributed by atoms with E-state index in [0.29, 0.717) is 6.54 Å². The first kappa shape index (κ1) is 15.9. The lowest BCUT2D eigenvalue weighted by atomic mass is 9.97. The van der Waals surface area contributed by atoms with Gasteiger partial charge in [0.15, 0.2) is 0 Å². The number of Topliss-reactive ketones (excluding diaryl/α,β-unsaturated/α-hetero) is 1. The molecule has 122 valence electrons. The molecule has 3 rings (SSSR count). The normalized spacial score (nSPS) is 19.9. The van der Waals surface area contributed by atoms with Crippen LogP contribution in [-0.2, 0) is 21.4 Å². The minimum atomic E-state index is -3.67. The number of carbonyl (C=O) groups excluding carboxylic acids is 1. The van der Waals surface area contributed by atoms with Crippen LogP contribution in [0.5, 0.6) is 0 Å². The number of hydrogen-bond acceptors (Lipinski definition) is 4. The van der Waals surface area contributed by atoms with Crippen molar-refractivity contribution in [2.45, 2.75) is 37.2 Å². The van der Waals surface area contributed by atoms with Crippen LogP contribution in [0.3, 0.4) is 0 Å². The lowest BCUT2D eigenvalue weighted by Crippen LogP contribution is -2.41. The fourth-order valence-electron chi connectivity index (χ4n) is 2.84. The van der Waals surface area contributed by atoms with E-state index in [1.165, 1.54) is 16.7 Å². The van der Waals surface area contributed by atoms with Gasteiger partial charge in [-0.05, 0) is 12.5 Å². The molecule has 1 aromatic carbocycles. The van der Waals surface area contributed by atoms with Gasteiger partial charge in [-0.25, -0.2) is 8.42 Å². The number of piperidine rings is 1. The second-order valence-electron chi connectivity index (χ2n) is 5.57. The Morgan fingerprint density at radius 1 is 1.26 bits per heavy atom. The molecular formula is C16H19N3O3S. The van der Waals surface area contributed by atoms with E-state index < -0.39 is 16.1 Å². The van der Waals surface area contributed by atoms with Gasteiger partial charge in [0.25, 0.3) is 0 Å². The van der Waals surface area contributed by atoms with E-state index in [-0.39, 0.29) is 30.1 Å². The van der Waals surface area contributed by atoms with Crippen molar-refractivity contribution in [1.29, 1.82) is 0 Å². The van der Waals surface area contributed by atoms with Gasteiger partial charge < -0.3 is 0 Å². The first-order valence-corrected chi connectivity index (χ1v) is 9.07. The first-order valence-electron chi connectivity index (χ1n) is 7.63. The maximum absolute atomic E-state index is 13.0. The predicted molar refractivity (Wildman–Crippen MR) is 85.2 cm³/mol. The number of nitrogens with zero attached hydrogens (tertiary/aromatic N) is 3. The van der Waals surface area contributed by atoms with Crippen LogP contribution in [0.1, 0.15) is 31.4 Å². The number of aryl methyl sites for hydroxylation is 1. The van der Waals surface area contributed by atoms with Crippen LogP contribution >= 0.6 is 0 Å². The number of hydrogen-bond donors (Lipinski definition) is 0. The molecule has 23 heavy (non-hydrogen) atoms. The smallest absolute Gasteiger partial charge is 0.246 e. The Kier molecular flexibility index (Phi) is 4.32. The summed E-state index contributed by atoms with van der Waals surface area (Å²) in [4.78, 5) is 12.0. The van der Waals surface area contributed by atoms with Gasteiger partial charge in [-0.15, -0.1) is 0 Å². The Bertz CT molecular complexity index is 799. The summed E-state index contributed by atoms with van der Waals surface area (Å²) in [5.41, 5.74) is 0.840. The minimum absolute atomic E-state index is 0.0922. The molecule has 2 heterocycles. The molecule has 1 aromatic heterocycles. The van der Waals surface area contributed by atoms with Crippen LogP contribution in [-0.4, -0.2) is 34.8 Å². The maximum atomic E-state index is 13.0. The summed E-state index contributed by atoms with van der Waals surface area (Å²) >= 11 is 0. The van der Waals surface area contributed by atoms with E-state index in [1.807, 2.05) is 37.3 Å². The predicted octanol–water partition coefficient (Wildman–Crippen LogP) is 2.00. The summed E-state index contributed by atoms with van der Waals surface area (Å²) in [5.74, 6) is 0.0922. The molecule has 1 fully saturated rings. The zero-order valence-corrected chi connectivity index (χ0v) is 13.7. The van der Waals surface area contributed by atoms with E-state index in [4.69, 9.17) is 0 Å². The third kappa shape index (κ3) is 3.07. The molecule has 1 aliphatic rings. The Labute approximate surface area is 135 Å². The fraction of sp³-hybridized carbons (Fsp3) is 0.375. The molecular weight excluding hydrogens is 314 g/mol. The zero-order valence-electron chi connectivity index (χ0n) is 12.9. The van der Waals surface area contributed by atoms with Crippen LogP contribution in [0.4, 0.5) is 0 Å². The van der Waals surface area contributed by atoms with Crippen molar-refractivity contribution in [3.05, 3.63) is 48.3 Å². The Balaban J connectivity index is 1.99. The maximum Gasteiger partial charge on any atom is 0.246 e. The van der Waals surface area contributed by atoms with Gasteiger partial charge >= 0.3 is 0 Å². The third-order valence-corrected chi connectivity index (χ3v) is 5.97. The average molecular weight is 333 g/mol. The molecule has 0 saturated carbocycles. The quantitative estimate of drug-likeness (QED) is 0.858. The van der Waals surface area contributed by atoms with E-state index in [0.717, 1.165) is 5.56 Å². The molecule has 0 aliphatic carbocycles. The summed E-state index contributed by atoms with van der Waals surface area (Å²) in [6.45, 7) is 2.71. The van der Waals surface area contributed by atoms with Gasteiger partial charge in [0.2, 0.25) is 10.0 Å². The van der Waals surface area contributed by atoms with Gasteiger partial charge in [0, 0.05) is 32.1 Å². The number of benzene rings is 1. The topological polar surface area (TPSA) is 72.3 Å². The van der Waals surface area contributed by atoms with Crippen molar-refractivity contribution in [3.63, 3.8) is 0 Å². The lowest BCUT2D eigenvalue weighted by molar-refractivity contribution is -0.121. The van der Waals surface area contributed by atoms with E-state index in [2.05, 4.69) is 5.10 Å². The molecule has 1 saturated heterocycles. The molecule has 0 unspecified atom stereocenters. The molecule has 7 heteroatoms. The number of carbonyl (C=O) groups is 1. The van der Waals surface area contributed by atoms with Gasteiger partial charge in [-0.3, -0.25) is 9.48 Å². The van der Waals surface area contributed by atoms with Crippen LogP contribution < -0.4 is 0 Å². The fourth-order valence-corrected chi connectivity index (χ4v) is 4.41. The van der Waals surface area contributed by atoms with Crippen molar-refractivity contribution in [3.8, 4) is 0 Å². The Morgan fingerprint density at radius 2 is 2.00 bits per heavy atom. The number of sulfonamides is 1. The highest BCUT2D eigenvalue weighted by atomic mass is 32.2. The first-order chi connectivity index (χ1) is 11.0. The summed E-state index contributed by atoms with van der Waals surface area (Å²) in [6, 6.07) is 8.86. The number of aromatic nitrogens is 2. The SMILES string of the molecule is CCn1cc(S(=O)(=O)N2CCC(=O)C[C@H]2c2ccccc2)cn1. The van der Waals surface area contributed by atoms with Gasteiger partial charge in [0.05, 0.1) is 12.2 Å². The summed E-state index contributed by atoms with van der Waals surface area (Å²) in [6.07, 6.45) is 3.38.